The summed E-state index contributed by atoms with van der Waals surface area (Å²) in [5.74, 6) is 0. The first-order chi connectivity index (χ1) is 6.35. The highest BCUT2D eigenvalue weighted by atomic mass is 16.1. The number of aromatic amines is 1. The molecule has 0 amide bonds. The van der Waals surface area contributed by atoms with E-state index in [0.29, 0.717) is 11.3 Å². The van der Waals surface area contributed by atoms with E-state index in [1.807, 2.05) is 0 Å². The first-order valence-corrected chi connectivity index (χ1v) is 3.79. The van der Waals surface area contributed by atoms with Crippen molar-refractivity contribution in [3.8, 4) is 0 Å². The van der Waals surface area contributed by atoms with E-state index in [9.17, 15) is 4.79 Å². The maximum atomic E-state index is 10.6. The number of fused-ring (bicyclic) bond motifs is 1. The topological polar surface area (TPSA) is 37.2 Å². The highest BCUT2D eigenvalue weighted by molar-refractivity contribution is 5.98. The van der Waals surface area contributed by atoms with E-state index in [1.165, 1.54) is 0 Å². The molecule has 0 saturated heterocycles. The highest BCUT2D eigenvalue weighted by Gasteiger charge is 2.02. The van der Waals surface area contributed by atoms with Gasteiger partial charge in [-0.1, -0.05) is 12.1 Å². The van der Waals surface area contributed by atoms with Gasteiger partial charge in [-0.2, -0.15) is 0 Å². The average Bonchev–Trinajstić information content (AvgIpc) is 2.59. The van der Waals surface area contributed by atoms with Gasteiger partial charge >= 0.3 is 0 Å². The number of carbonyl (C=O) groups is 1. The van der Waals surface area contributed by atoms with Crippen molar-refractivity contribution in [2.75, 3.05) is 0 Å². The standard InChI is InChI=1S/C10H6N2O/c1-11-8-2-3-9-7(6-13)5-12-10(9)4-8/h2-6,12H. The largest absolute Gasteiger partial charge is 0.361 e. The first-order valence-electron chi connectivity index (χ1n) is 3.79. The van der Waals surface area contributed by atoms with Crippen molar-refractivity contribution in [2.45, 2.75) is 0 Å². The maximum absolute atomic E-state index is 10.6. The molecule has 0 spiro atoms. The Bertz CT molecular complexity index is 505. The van der Waals surface area contributed by atoms with Crippen molar-refractivity contribution in [1.29, 1.82) is 0 Å². The fraction of sp³-hybridized carbons (Fsp3) is 0. The molecule has 0 aliphatic rings. The Morgan fingerprint density at radius 3 is 3.00 bits per heavy atom. The molecule has 3 nitrogen and oxygen atoms in total. The van der Waals surface area contributed by atoms with Crippen LogP contribution in [-0.2, 0) is 0 Å². The van der Waals surface area contributed by atoms with E-state index >= 15 is 0 Å². The number of hydrogen-bond acceptors (Lipinski definition) is 1. The molecule has 0 aliphatic carbocycles. The molecule has 1 aromatic heterocycles. The number of rotatable bonds is 1. The van der Waals surface area contributed by atoms with Crippen molar-refractivity contribution in [1.82, 2.24) is 4.98 Å². The number of nitrogens with zero attached hydrogens (tertiary/aromatic N) is 1. The Kier molecular flexibility index (Phi) is 1.60. The fourth-order valence-corrected chi connectivity index (χ4v) is 1.30. The van der Waals surface area contributed by atoms with E-state index in [4.69, 9.17) is 6.57 Å². The molecular formula is C10H6N2O. The summed E-state index contributed by atoms with van der Waals surface area (Å²) < 4.78 is 0. The summed E-state index contributed by atoms with van der Waals surface area (Å²) in [6, 6.07) is 5.22. The number of hydrogen-bond donors (Lipinski definition) is 1. The SMILES string of the molecule is [C-]#[N+]c1ccc2c(C=O)c[nH]c2c1. The number of aromatic nitrogens is 1. The molecule has 1 N–H and O–H groups in total. The summed E-state index contributed by atoms with van der Waals surface area (Å²) in [7, 11) is 0. The zero-order chi connectivity index (χ0) is 9.26. The Balaban J connectivity index is 2.76. The average molecular weight is 170 g/mol. The van der Waals surface area contributed by atoms with Crippen LogP contribution in [0.15, 0.2) is 24.4 Å². The summed E-state index contributed by atoms with van der Waals surface area (Å²) in [5, 5.41) is 0.863. The van der Waals surface area contributed by atoms with Gasteiger partial charge in [-0.05, 0) is 6.07 Å². The summed E-state index contributed by atoms with van der Waals surface area (Å²) in [6.45, 7) is 6.81. The lowest BCUT2D eigenvalue weighted by atomic mass is 10.2. The highest BCUT2D eigenvalue weighted by Crippen LogP contribution is 2.22. The van der Waals surface area contributed by atoms with Crippen molar-refractivity contribution in [3.63, 3.8) is 0 Å². The quantitative estimate of drug-likeness (QED) is 0.518. The molecule has 0 fully saturated rings. The zero-order valence-corrected chi connectivity index (χ0v) is 6.74. The molecule has 0 atom stereocenters. The van der Waals surface area contributed by atoms with Crippen LogP contribution in [0, 0.1) is 6.57 Å². The molecule has 0 bridgehead atoms. The molecule has 0 aliphatic heterocycles. The minimum Gasteiger partial charge on any atom is -0.361 e. The second-order valence-corrected chi connectivity index (χ2v) is 2.70. The van der Waals surface area contributed by atoms with Gasteiger partial charge < -0.3 is 4.98 Å². The van der Waals surface area contributed by atoms with Crippen LogP contribution in [0.4, 0.5) is 5.69 Å². The molecule has 1 aromatic carbocycles. The van der Waals surface area contributed by atoms with E-state index < -0.39 is 0 Å². The van der Waals surface area contributed by atoms with Crippen LogP contribution in [0.5, 0.6) is 0 Å². The Morgan fingerprint density at radius 1 is 1.46 bits per heavy atom. The zero-order valence-electron chi connectivity index (χ0n) is 6.74. The molecule has 13 heavy (non-hydrogen) atoms. The van der Waals surface area contributed by atoms with Crippen LogP contribution in [-0.4, -0.2) is 11.3 Å². The third-order valence-electron chi connectivity index (χ3n) is 1.95. The maximum Gasteiger partial charge on any atom is 0.189 e. The third kappa shape index (κ3) is 1.09. The predicted molar refractivity (Wildman–Crippen MR) is 49.9 cm³/mol. The first kappa shape index (κ1) is 7.56. The summed E-state index contributed by atoms with van der Waals surface area (Å²) in [5.41, 5.74) is 2.04. The number of H-pyrrole nitrogens is 1. The number of benzene rings is 1. The van der Waals surface area contributed by atoms with E-state index in [-0.39, 0.29) is 0 Å². The van der Waals surface area contributed by atoms with Gasteiger partial charge in [-0.3, -0.25) is 4.79 Å². The lowest BCUT2D eigenvalue weighted by molar-refractivity contribution is 0.112. The number of aldehydes is 1. The van der Waals surface area contributed by atoms with Crippen LogP contribution in [0.1, 0.15) is 10.4 Å². The summed E-state index contributed by atoms with van der Waals surface area (Å²) >= 11 is 0. The Morgan fingerprint density at radius 2 is 2.31 bits per heavy atom. The van der Waals surface area contributed by atoms with Crippen LogP contribution < -0.4 is 0 Å². The molecule has 0 radical (unpaired) electrons. The molecule has 2 aromatic rings. The molecule has 2 rings (SSSR count). The smallest absolute Gasteiger partial charge is 0.189 e. The minimum absolute atomic E-state index is 0.576. The fourth-order valence-electron chi connectivity index (χ4n) is 1.30. The van der Waals surface area contributed by atoms with Gasteiger partial charge in [-0.25, -0.2) is 4.85 Å². The summed E-state index contributed by atoms with van der Waals surface area (Å²) in [4.78, 5) is 16.8. The second kappa shape index (κ2) is 2.76. The van der Waals surface area contributed by atoms with Gasteiger partial charge in [-0.15, -0.1) is 0 Å². The van der Waals surface area contributed by atoms with E-state index in [0.717, 1.165) is 17.2 Å². The Hall–Kier alpha value is -2.08. The van der Waals surface area contributed by atoms with Gasteiger partial charge in [0.15, 0.2) is 12.0 Å². The lowest BCUT2D eigenvalue weighted by Gasteiger charge is -1.90. The van der Waals surface area contributed by atoms with Gasteiger partial charge in [0.25, 0.3) is 0 Å². The molecule has 0 unspecified atom stereocenters. The molecule has 3 heteroatoms. The van der Waals surface area contributed by atoms with Crippen LogP contribution >= 0.6 is 0 Å². The van der Waals surface area contributed by atoms with Crippen LogP contribution in [0.3, 0.4) is 0 Å². The van der Waals surface area contributed by atoms with Gasteiger partial charge in [0.05, 0.1) is 6.57 Å². The normalized spacial score (nSPS) is 9.77. The predicted octanol–water partition coefficient (Wildman–Crippen LogP) is 2.53. The lowest BCUT2D eigenvalue weighted by Crippen LogP contribution is -1.72. The van der Waals surface area contributed by atoms with Gasteiger partial charge in [0, 0.05) is 22.7 Å². The number of nitrogens with one attached hydrogen (secondary N) is 1. The van der Waals surface area contributed by atoms with Crippen LogP contribution in [0.2, 0.25) is 0 Å². The number of carbonyl (C=O) groups excluding carboxylic acids is 1. The molecule has 62 valence electrons. The third-order valence-corrected chi connectivity index (χ3v) is 1.95. The monoisotopic (exact) mass is 170 g/mol. The molecule has 0 saturated carbocycles. The molecular weight excluding hydrogens is 164 g/mol. The van der Waals surface area contributed by atoms with Crippen molar-refractivity contribution in [3.05, 3.63) is 41.4 Å². The summed E-state index contributed by atoms with van der Waals surface area (Å²) in [6.07, 6.45) is 2.45. The van der Waals surface area contributed by atoms with Crippen molar-refractivity contribution < 1.29 is 4.79 Å². The minimum atomic E-state index is 0.576. The van der Waals surface area contributed by atoms with Crippen molar-refractivity contribution in [2.24, 2.45) is 0 Å². The van der Waals surface area contributed by atoms with Crippen LogP contribution in [0.25, 0.3) is 15.7 Å². The van der Waals surface area contributed by atoms with E-state index in [2.05, 4.69) is 9.83 Å². The van der Waals surface area contributed by atoms with Gasteiger partial charge in [0.1, 0.15) is 0 Å². The Labute approximate surface area is 74.8 Å². The van der Waals surface area contributed by atoms with E-state index in [1.54, 1.807) is 24.4 Å². The second-order valence-electron chi connectivity index (χ2n) is 2.70. The molecule has 1 heterocycles. The van der Waals surface area contributed by atoms with Gasteiger partial charge in [0.2, 0.25) is 0 Å². The van der Waals surface area contributed by atoms with Crippen molar-refractivity contribution >= 4 is 22.9 Å².